The van der Waals surface area contributed by atoms with E-state index in [2.05, 4.69) is 0 Å². The number of imide groups is 1. The highest BCUT2D eigenvalue weighted by Crippen LogP contribution is 2.36. The maximum Gasteiger partial charge on any atom is 0.346 e. The van der Waals surface area contributed by atoms with E-state index in [1.807, 2.05) is 0 Å². The summed E-state index contributed by atoms with van der Waals surface area (Å²) in [5.74, 6) is -2.82. The average Bonchev–Trinajstić information content (AvgIpc) is 3.19. The van der Waals surface area contributed by atoms with Crippen LogP contribution >= 0.6 is 34.5 Å². The normalized spacial score (nSPS) is 13.7. The van der Waals surface area contributed by atoms with Crippen LogP contribution in [-0.2, 0) is 21.2 Å². The van der Waals surface area contributed by atoms with Crippen LogP contribution in [0, 0.1) is 0 Å². The monoisotopic (exact) mass is 524 g/mol. The molecule has 0 unspecified atom stereocenters. The van der Waals surface area contributed by atoms with Gasteiger partial charge in [0.25, 0.3) is 15.9 Å². The van der Waals surface area contributed by atoms with Gasteiger partial charge in [0.15, 0.2) is 0 Å². The van der Waals surface area contributed by atoms with Crippen LogP contribution in [-0.4, -0.2) is 38.4 Å². The highest BCUT2D eigenvalue weighted by Gasteiger charge is 2.38. The smallest absolute Gasteiger partial charge is 0.346 e. The first-order valence-electron chi connectivity index (χ1n) is 9.27. The summed E-state index contributed by atoms with van der Waals surface area (Å²) in [4.78, 5) is 37.7. The minimum Gasteiger partial charge on any atom is -0.477 e. The lowest BCUT2D eigenvalue weighted by atomic mass is 10.0. The predicted molar refractivity (Wildman–Crippen MR) is 125 cm³/mol. The molecule has 1 aliphatic heterocycles. The van der Waals surface area contributed by atoms with Gasteiger partial charge >= 0.3 is 5.97 Å². The van der Waals surface area contributed by atoms with Crippen molar-refractivity contribution in [1.29, 1.82) is 0 Å². The van der Waals surface area contributed by atoms with Gasteiger partial charge in [0, 0.05) is 12.1 Å². The van der Waals surface area contributed by atoms with E-state index in [4.69, 9.17) is 23.2 Å². The summed E-state index contributed by atoms with van der Waals surface area (Å²) in [6.07, 6.45) is -0.219. The molecule has 0 aliphatic carbocycles. The minimum absolute atomic E-state index is 0.0413. The molecule has 12 heteroatoms. The molecule has 1 N–H and O–H groups in total. The first-order valence-corrected chi connectivity index (χ1v) is 12.3. The number of benzene rings is 2. The number of hydrogen-bond donors (Lipinski definition) is 1. The molecule has 2 heterocycles. The molecule has 1 aromatic heterocycles. The zero-order valence-electron chi connectivity index (χ0n) is 16.8. The summed E-state index contributed by atoms with van der Waals surface area (Å²) >= 11 is 13.0. The third-order valence-electron chi connectivity index (χ3n) is 5.08. The van der Waals surface area contributed by atoms with Gasteiger partial charge in [-0.2, -0.15) is 0 Å². The van der Waals surface area contributed by atoms with Gasteiger partial charge < -0.3 is 5.11 Å². The molecule has 8 nitrogen and oxygen atoms in total. The van der Waals surface area contributed by atoms with Crippen molar-refractivity contribution in [3.8, 4) is 0 Å². The van der Waals surface area contributed by atoms with Crippen molar-refractivity contribution in [2.24, 2.45) is 0 Å². The zero-order valence-corrected chi connectivity index (χ0v) is 19.9. The maximum absolute atomic E-state index is 13.2. The van der Waals surface area contributed by atoms with Gasteiger partial charge in [-0.3, -0.25) is 13.9 Å². The summed E-state index contributed by atoms with van der Waals surface area (Å²) < 4.78 is 27.4. The second-order valence-electron chi connectivity index (χ2n) is 7.04. The molecule has 0 radical (unpaired) electrons. The van der Waals surface area contributed by atoms with Crippen molar-refractivity contribution in [2.45, 2.75) is 11.3 Å². The Kier molecular flexibility index (Phi) is 5.95. The van der Waals surface area contributed by atoms with E-state index >= 15 is 0 Å². The van der Waals surface area contributed by atoms with Gasteiger partial charge in [-0.25, -0.2) is 18.1 Å². The van der Waals surface area contributed by atoms with Gasteiger partial charge in [-0.1, -0.05) is 23.2 Å². The van der Waals surface area contributed by atoms with Gasteiger partial charge in [0.05, 0.1) is 33.3 Å². The molecule has 0 saturated carbocycles. The van der Waals surface area contributed by atoms with Crippen molar-refractivity contribution < 1.29 is 27.9 Å². The lowest BCUT2D eigenvalue weighted by Gasteiger charge is -2.27. The molecule has 3 aromatic rings. The number of anilines is 2. The molecule has 33 heavy (non-hydrogen) atoms. The van der Waals surface area contributed by atoms with Crippen LogP contribution in [0.2, 0.25) is 10.0 Å². The number of aromatic carboxylic acids is 1. The lowest BCUT2D eigenvalue weighted by molar-refractivity contribution is -0.117. The van der Waals surface area contributed by atoms with Crippen molar-refractivity contribution >= 4 is 73.7 Å². The van der Waals surface area contributed by atoms with Crippen molar-refractivity contribution in [1.82, 2.24) is 0 Å². The molecule has 1 aliphatic rings. The largest absolute Gasteiger partial charge is 0.477 e. The van der Waals surface area contributed by atoms with Crippen LogP contribution in [0.25, 0.3) is 0 Å². The standard InChI is InChI=1S/C21H14Cl2N2O6S2/c1-24(13-4-2-12(22)3-5-13)33(30,31)14-6-7-15(23)16(9-14)25-17(26)8-11-10-32-19(21(28)29)18(11)20(25)27/h2-7,9-10H,8H2,1H3,(H,28,29). The third kappa shape index (κ3) is 3.99. The summed E-state index contributed by atoms with van der Waals surface area (Å²) in [5.41, 5.74) is 0.404. The van der Waals surface area contributed by atoms with E-state index in [1.165, 1.54) is 36.7 Å². The number of carboxylic acid groups (broad SMARTS) is 1. The maximum atomic E-state index is 13.2. The van der Waals surface area contributed by atoms with E-state index < -0.39 is 27.8 Å². The number of fused-ring (bicyclic) bond motifs is 1. The number of carboxylic acids is 1. The molecular formula is C21H14Cl2N2O6S2. The fraction of sp³-hybridized carbons (Fsp3) is 0.0952. The van der Waals surface area contributed by atoms with Gasteiger partial charge in [-0.05, 0) is 53.4 Å². The van der Waals surface area contributed by atoms with Crippen LogP contribution in [0.15, 0.2) is 52.7 Å². The van der Waals surface area contributed by atoms with Crippen LogP contribution in [0.4, 0.5) is 11.4 Å². The number of carbonyl (C=O) groups is 3. The van der Waals surface area contributed by atoms with Gasteiger partial charge in [0.1, 0.15) is 4.88 Å². The minimum atomic E-state index is -4.10. The Hall–Kier alpha value is -2.92. The zero-order chi connectivity index (χ0) is 24.1. The number of nitrogens with zero attached hydrogens (tertiary/aromatic N) is 2. The SMILES string of the molecule is CN(c1ccc(Cl)cc1)S(=O)(=O)c1ccc(Cl)c(N2C(=O)Cc3csc(C(=O)O)c3C2=O)c1. The number of carbonyl (C=O) groups excluding carboxylic acids is 2. The summed E-state index contributed by atoms with van der Waals surface area (Å²) in [5, 5.41) is 11.2. The molecule has 4 rings (SSSR count). The Morgan fingerprint density at radius 3 is 2.42 bits per heavy atom. The Labute approximate surface area is 202 Å². The van der Waals surface area contributed by atoms with Crippen molar-refractivity contribution in [3.05, 3.63) is 73.9 Å². The Balaban J connectivity index is 1.78. The molecule has 0 saturated heterocycles. The van der Waals surface area contributed by atoms with Crippen LogP contribution < -0.4 is 9.21 Å². The molecule has 0 spiro atoms. The molecule has 0 fully saturated rings. The molecule has 2 amide bonds. The predicted octanol–water partition coefficient (Wildman–Crippen LogP) is 4.31. The number of halogens is 2. The fourth-order valence-electron chi connectivity index (χ4n) is 3.40. The van der Waals surface area contributed by atoms with Crippen LogP contribution in [0.5, 0.6) is 0 Å². The van der Waals surface area contributed by atoms with E-state index in [-0.39, 0.29) is 32.5 Å². The second-order valence-corrected chi connectivity index (χ2v) is 10.7. The molecule has 0 atom stereocenters. The fourth-order valence-corrected chi connectivity index (χ4v) is 5.84. The highest BCUT2D eigenvalue weighted by atomic mass is 35.5. The number of hydrogen-bond acceptors (Lipinski definition) is 6. The third-order valence-corrected chi connectivity index (χ3v) is 8.45. The highest BCUT2D eigenvalue weighted by molar-refractivity contribution is 7.92. The summed E-state index contributed by atoms with van der Waals surface area (Å²) in [6, 6.07) is 9.78. The lowest BCUT2D eigenvalue weighted by Crippen LogP contribution is -2.43. The Morgan fingerprint density at radius 2 is 1.79 bits per heavy atom. The summed E-state index contributed by atoms with van der Waals surface area (Å²) in [6.45, 7) is 0. The second kappa shape index (κ2) is 8.45. The molecular weight excluding hydrogens is 511 g/mol. The topological polar surface area (TPSA) is 112 Å². The average molecular weight is 525 g/mol. The van der Waals surface area contributed by atoms with Crippen LogP contribution in [0.1, 0.15) is 25.6 Å². The molecule has 2 aromatic carbocycles. The number of thiophene rings is 1. The molecule has 170 valence electrons. The van der Waals surface area contributed by atoms with E-state index in [9.17, 15) is 27.9 Å². The van der Waals surface area contributed by atoms with Crippen LogP contribution in [0.3, 0.4) is 0 Å². The van der Waals surface area contributed by atoms with Crippen molar-refractivity contribution in [2.75, 3.05) is 16.3 Å². The quantitative estimate of drug-likeness (QED) is 0.497. The first-order chi connectivity index (χ1) is 15.5. The summed E-state index contributed by atoms with van der Waals surface area (Å²) in [7, 11) is -2.75. The first kappa shape index (κ1) is 23.2. The van der Waals surface area contributed by atoms with Crippen molar-refractivity contribution in [3.63, 3.8) is 0 Å². The Bertz CT molecular complexity index is 1420. The Morgan fingerprint density at radius 1 is 1.12 bits per heavy atom. The van der Waals surface area contributed by atoms with E-state index in [0.29, 0.717) is 16.3 Å². The molecule has 0 bridgehead atoms. The number of sulfonamides is 1. The number of rotatable bonds is 5. The van der Waals surface area contributed by atoms with Gasteiger partial charge in [-0.15, -0.1) is 11.3 Å². The van der Waals surface area contributed by atoms with E-state index in [1.54, 1.807) is 12.1 Å². The van der Waals surface area contributed by atoms with Gasteiger partial charge in [0.2, 0.25) is 5.91 Å². The number of amides is 2. The van der Waals surface area contributed by atoms with E-state index in [0.717, 1.165) is 26.6 Å².